The number of phenols is 1. The summed E-state index contributed by atoms with van der Waals surface area (Å²) in [4.78, 5) is 9.64. The minimum absolute atomic E-state index is 0.158. The third-order valence-corrected chi connectivity index (χ3v) is 1.52. The van der Waals surface area contributed by atoms with Crippen LogP contribution >= 0.6 is 0 Å². The Bertz CT molecular complexity index is 533. The number of nitro groups is 1. The molecule has 0 aliphatic rings. The fourth-order valence-corrected chi connectivity index (χ4v) is 0.897. The van der Waals surface area contributed by atoms with Crippen molar-refractivity contribution < 1.29 is 32.3 Å². The first-order chi connectivity index (χ1) is 8.06. The lowest BCUT2D eigenvalue weighted by atomic mass is 10.2. The van der Waals surface area contributed by atoms with E-state index in [0.717, 1.165) is 12.1 Å². The van der Waals surface area contributed by atoms with E-state index >= 15 is 0 Å². The van der Waals surface area contributed by atoms with E-state index in [1.165, 1.54) is 7.11 Å². The Morgan fingerprint density at radius 1 is 1.39 bits per heavy atom. The molecule has 0 radical (unpaired) electrons. The number of phenolic OH excluding ortho intramolecular Hbond substituents is 1. The summed E-state index contributed by atoms with van der Waals surface area (Å²) in [6.07, 6.45) is 0. The van der Waals surface area contributed by atoms with E-state index in [4.69, 9.17) is 33.1 Å². The van der Waals surface area contributed by atoms with Crippen molar-refractivity contribution in [3.05, 3.63) is 22.2 Å². The van der Waals surface area contributed by atoms with Crippen LogP contribution in [0.2, 0.25) is 0 Å². The number of hydrogen-bond donors (Lipinski definition) is 4. The van der Waals surface area contributed by atoms with E-state index in [-0.39, 0.29) is 11.4 Å². The van der Waals surface area contributed by atoms with Gasteiger partial charge in [-0.15, -0.1) is 0 Å². The summed E-state index contributed by atoms with van der Waals surface area (Å²) in [7, 11) is -3.33. The van der Waals surface area contributed by atoms with E-state index in [1.54, 1.807) is 0 Å². The summed E-state index contributed by atoms with van der Waals surface area (Å²) in [6.45, 7) is 0. The number of nitrogens with zero attached hydrogens (tertiary/aromatic N) is 1. The number of rotatable bonds is 2. The zero-order valence-corrected chi connectivity index (χ0v) is 9.79. The van der Waals surface area contributed by atoms with Gasteiger partial charge in [0.2, 0.25) is 0 Å². The van der Waals surface area contributed by atoms with Crippen LogP contribution in [-0.2, 0) is 10.4 Å². The molecular weight excluding hydrogens is 272 g/mol. The topological polar surface area (TPSA) is 173 Å². The molecule has 0 heterocycles. The van der Waals surface area contributed by atoms with Crippen LogP contribution < -0.4 is 10.5 Å². The molecule has 1 aromatic carbocycles. The quantitative estimate of drug-likeness (QED) is 0.256. The lowest BCUT2D eigenvalue weighted by molar-refractivity contribution is -0.385. The number of nitrogen functional groups attached to an aromatic ring is 1. The summed E-state index contributed by atoms with van der Waals surface area (Å²) in [6, 6.07) is 2.15. The monoisotopic (exact) mass is 282 g/mol. The van der Waals surface area contributed by atoms with Crippen LogP contribution in [0.25, 0.3) is 0 Å². The minimum atomic E-state index is -4.67. The Kier molecular flexibility index (Phi) is 5.29. The lowest BCUT2D eigenvalue weighted by Crippen LogP contribution is -1.95. The van der Waals surface area contributed by atoms with Crippen molar-refractivity contribution in [2.75, 3.05) is 12.8 Å². The van der Waals surface area contributed by atoms with Crippen LogP contribution in [0.15, 0.2) is 12.1 Å². The first-order valence-electron chi connectivity index (χ1n) is 4.07. The van der Waals surface area contributed by atoms with Crippen LogP contribution in [-0.4, -0.2) is 34.7 Å². The van der Waals surface area contributed by atoms with Crippen LogP contribution in [0.5, 0.6) is 11.5 Å². The highest BCUT2D eigenvalue weighted by Gasteiger charge is 2.16. The summed E-state index contributed by atoms with van der Waals surface area (Å²) in [5.74, 6) is -0.298. The van der Waals surface area contributed by atoms with Gasteiger partial charge in [0.25, 0.3) is 0 Å². The molecule has 10 nitrogen and oxygen atoms in total. The van der Waals surface area contributed by atoms with Gasteiger partial charge in [-0.1, -0.05) is 0 Å². The minimum Gasteiger partial charge on any atom is -0.502 e. The maximum Gasteiger partial charge on any atom is 0.394 e. The highest BCUT2D eigenvalue weighted by Crippen LogP contribution is 2.34. The van der Waals surface area contributed by atoms with E-state index in [0.29, 0.717) is 0 Å². The largest absolute Gasteiger partial charge is 0.502 e. The smallest absolute Gasteiger partial charge is 0.394 e. The molecular formula is C7H10N2O8S. The van der Waals surface area contributed by atoms with E-state index in [2.05, 4.69) is 0 Å². The van der Waals surface area contributed by atoms with Crippen molar-refractivity contribution in [2.45, 2.75) is 0 Å². The second-order valence-corrected chi connectivity index (χ2v) is 3.68. The molecule has 102 valence electrons. The van der Waals surface area contributed by atoms with Crippen molar-refractivity contribution in [1.82, 2.24) is 0 Å². The molecule has 0 fully saturated rings. The fourth-order valence-electron chi connectivity index (χ4n) is 0.897. The van der Waals surface area contributed by atoms with E-state index in [9.17, 15) is 10.1 Å². The maximum atomic E-state index is 10.4. The first-order valence-corrected chi connectivity index (χ1v) is 5.46. The molecule has 0 atom stereocenters. The van der Waals surface area contributed by atoms with Gasteiger partial charge in [0, 0.05) is 6.07 Å². The van der Waals surface area contributed by atoms with Gasteiger partial charge in [-0.2, -0.15) is 8.42 Å². The second kappa shape index (κ2) is 6.00. The summed E-state index contributed by atoms with van der Waals surface area (Å²) >= 11 is 0. The van der Waals surface area contributed by atoms with E-state index in [1.807, 2.05) is 0 Å². The number of aromatic hydroxyl groups is 1. The van der Waals surface area contributed by atoms with Gasteiger partial charge >= 0.3 is 16.1 Å². The number of hydrogen-bond acceptors (Lipinski definition) is 7. The Morgan fingerprint density at radius 2 is 1.83 bits per heavy atom. The Balaban J connectivity index is 0.000000494. The molecule has 0 amide bonds. The molecule has 0 aliphatic heterocycles. The maximum absolute atomic E-state index is 10.4. The summed E-state index contributed by atoms with van der Waals surface area (Å²) in [5.41, 5.74) is 5.13. The van der Waals surface area contributed by atoms with Crippen LogP contribution in [0.1, 0.15) is 0 Å². The molecule has 0 saturated heterocycles. The van der Waals surface area contributed by atoms with Crippen molar-refractivity contribution in [3.63, 3.8) is 0 Å². The van der Waals surface area contributed by atoms with Crippen molar-refractivity contribution in [3.8, 4) is 11.5 Å². The van der Waals surface area contributed by atoms with Crippen molar-refractivity contribution in [1.29, 1.82) is 0 Å². The van der Waals surface area contributed by atoms with Gasteiger partial charge in [0.1, 0.15) is 5.75 Å². The van der Waals surface area contributed by atoms with Crippen LogP contribution in [0, 0.1) is 10.1 Å². The lowest BCUT2D eigenvalue weighted by Gasteiger charge is -2.04. The van der Waals surface area contributed by atoms with Crippen LogP contribution in [0.3, 0.4) is 0 Å². The molecule has 0 unspecified atom stereocenters. The highest BCUT2D eigenvalue weighted by molar-refractivity contribution is 7.79. The Hall–Kier alpha value is -2.11. The fraction of sp³-hybridized carbons (Fsp3) is 0.143. The molecule has 1 rings (SSSR count). The number of methoxy groups -OCH3 is 1. The highest BCUT2D eigenvalue weighted by atomic mass is 32.3. The predicted molar refractivity (Wildman–Crippen MR) is 59.9 cm³/mol. The van der Waals surface area contributed by atoms with Gasteiger partial charge < -0.3 is 15.6 Å². The number of nitrogens with two attached hydrogens (primary N) is 1. The standard InChI is InChI=1S/C7H8N2O4.H2O4S/c1-13-7-3-5(9(11)12)6(10)2-4(7)8;1-5(2,3)4/h2-3,10H,8H2,1H3;(H2,1,2,3,4). The number of anilines is 1. The van der Waals surface area contributed by atoms with Crippen LogP contribution in [0.4, 0.5) is 11.4 Å². The second-order valence-electron chi connectivity index (χ2n) is 2.79. The molecule has 0 bridgehead atoms. The number of ether oxygens (including phenoxy) is 1. The average molecular weight is 282 g/mol. The average Bonchev–Trinajstić information content (AvgIpc) is 2.14. The molecule has 18 heavy (non-hydrogen) atoms. The molecule has 0 aromatic heterocycles. The molecule has 0 aliphatic carbocycles. The zero-order valence-electron chi connectivity index (χ0n) is 8.97. The summed E-state index contributed by atoms with van der Waals surface area (Å²) in [5, 5.41) is 19.5. The predicted octanol–water partition coefficient (Wildman–Crippen LogP) is 0.238. The molecule has 5 N–H and O–H groups in total. The first kappa shape index (κ1) is 15.9. The Morgan fingerprint density at radius 3 is 2.17 bits per heavy atom. The van der Waals surface area contributed by atoms with Gasteiger partial charge in [-0.3, -0.25) is 19.2 Å². The zero-order chi connectivity index (χ0) is 14.5. The molecule has 11 heteroatoms. The molecule has 0 spiro atoms. The van der Waals surface area contributed by atoms with Crippen molar-refractivity contribution in [2.24, 2.45) is 0 Å². The summed E-state index contributed by atoms with van der Waals surface area (Å²) < 4.78 is 36.3. The molecule has 0 saturated carbocycles. The van der Waals surface area contributed by atoms with Gasteiger partial charge in [0.05, 0.1) is 23.8 Å². The van der Waals surface area contributed by atoms with Crippen molar-refractivity contribution >= 4 is 21.8 Å². The number of benzene rings is 1. The Labute approximate surface area is 101 Å². The van der Waals surface area contributed by atoms with Gasteiger partial charge in [0.15, 0.2) is 5.75 Å². The third kappa shape index (κ3) is 5.83. The van der Waals surface area contributed by atoms with Gasteiger partial charge in [-0.25, -0.2) is 0 Å². The molecule has 1 aromatic rings. The normalized spacial score (nSPS) is 10.2. The van der Waals surface area contributed by atoms with Gasteiger partial charge in [-0.05, 0) is 0 Å². The SMILES string of the molecule is COc1cc([N+](=O)[O-])c(O)cc1N.O=S(=O)(O)O. The number of nitro benzene ring substituents is 1. The third-order valence-electron chi connectivity index (χ3n) is 1.52. The van der Waals surface area contributed by atoms with E-state index < -0.39 is 26.8 Å².